The van der Waals surface area contributed by atoms with Crippen LogP contribution in [-0.2, 0) is 11.8 Å². The highest BCUT2D eigenvalue weighted by Gasteiger charge is 2.39. The summed E-state index contributed by atoms with van der Waals surface area (Å²) in [5.41, 5.74) is 3.14. The first kappa shape index (κ1) is 12.0. The van der Waals surface area contributed by atoms with Gasteiger partial charge in [0.1, 0.15) is 5.75 Å². The normalized spacial score (nSPS) is 30.2. The molecule has 2 atom stereocenters. The van der Waals surface area contributed by atoms with E-state index in [0.29, 0.717) is 11.5 Å². The fourth-order valence-electron chi connectivity index (χ4n) is 3.64. The number of hydrogen-bond acceptors (Lipinski definition) is 2. The Labute approximate surface area is 110 Å². The Bertz CT molecular complexity index is 443. The Kier molecular flexibility index (Phi) is 3.06. The molecule has 2 unspecified atom stereocenters. The van der Waals surface area contributed by atoms with Gasteiger partial charge in [-0.05, 0) is 36.8 Å². The average Bonchev–Trinajstić information content (AvgIpc) is 2.96. The van der Waals surface area contributed by atoms with Crippen molar-refractivity contribution in [3.63, 3.8) is 0 Å². The molecule has 0 spiro atoms. The van der Waals surface area contributed by atoms with E-state index in [-0.39, 0.29) is 0 Å². The van der Waals surface area contributed by atoms with Crippen LogP contribution < -0.4 is 10.1 Å². The highest BCUT2D eigenvalue weighted by molar-refractivity contribution is 5.48. The molecule has 1 heterocycles. The average molecular weight is 245 g/mol. The van der Waals surface area contributed by atoms with E-state index in [0.717, 1.165) is 19.6 Å². The van der Waals surface area contributed by atoms with Crippen LogP contribution in [0.25, 0.3) is 0 Å². The molecule has 1 aliphatic carbocycles. The Hall–Kier alpha value is -1.02. The van der Waals surface area contributed by atoms with Crippen LogP contribution in [0.4, 0.5) is 0 Å². The number of para-hydroxylation sites is 1. The lowest BCUT2D eigenvalue weighted by Gasteiger charge is -2.27. The summed E-state index contributed by atoms with van der Waals surface area (Å²) < 4.78 is 5.88. The molecule has 1 aromatic carbocycles. The zero-order chi connectivity index (χ0) is 12.6. The van der Waals surface area contributed by atoms with Gasteiger partial charge in [0.2, 0.25) is 0 Å². The van der Waals surface area contributed by atoms with Crippen LogP contribution in [0, 0.1) is 0 Å². The summed E-state index contributed by atoms with van der Waals surface area (Å²) in [5, 5.41) is 3.60. The van der Waals surface area contributed by atoms with Gasteiger partial charge in [0, 0.05) is 18.0 Å². The van der Waals surface area contributed by atoms with Crippen molar-refractivity contribution in [3.8, 4) is 5.75 Å². The number of hydrogen-bond donors (Lipinski definition) is 1. The van der Waals surface area contributed by atoms with Gasteiger partial charge in [-0.2, -0.15) is 0 Å². The Morgan fingerprint density at radius 3 is 3.17 bits per heavy atom. The molecule has 2 nitrogen and oxygen atoms in total. The van der Waals surface area contributed by atoms with Crippen molar-refractivity contribution in [3.05, 3.63) is 29.3 Å². The Morgan fingerprint density at radius 2 is 2.33 bits per heavy atom. The topological polar surface area (TPSA) is 21.3 Å². The largest absolute Gasteiger partial charge is 0.493 e. The summed E-state index contributed by atoms with van der Waals surface area (Å²) in [5.74, 6) is 1.19. The third kappa shape index (κ3) is 1.93. The van der Waals surface area contributed by atoms with Crippen LogP contribution in [0.5, 0.6) is 5.75 Å². The van der Waals surface area contributed by atoms with Crippen molar-refractivity contribution in [2.24, 2.45) is 0 Å². The number of ether oxygens (including phenoxy) is 1. The Balaban J connectivity index is 1.89. The Morgan fingerprint density at radius 1 is 1.44 bits per heavy atom. The smallest absolute Gasteiger partial charge is 0.126 e. The molecule has 2 aliphatic rings. The molecule has 1 aliphatic heterocycles. The lowest BCUT2D eigenvalue weighted by atomic mass is 9.79. The second-order valence-electron chi connectivity index (χ2n) is 5.95. The van der Waals surface area contributed by atoms with E-state index >= 15 is 0 Å². The van der Waals surface area contributed by atoms with Crippen LogP contribution in [0.3, 0.4) is 0 Å². The fraction of sp³-hybridized carbons (Fsp3) is 0.625. The molecule has 0 radical (unpaired) electrons. The van der Waals surface area contributed by atoms with Crippen LogP contribution >= 0.6 is 0 Å². The van der Waals surface area contributed by atoms with Gasteiger partial charge in [-0.3, -0.25) is 0 Å². The summed E-state index contributed by atoms with van der Waals surface area (Å²) in [6.45, 7) is 6.53. The monoisotopic (exact) mass is 245 g/mol. The van der Waals surface area contributed by atoms with Crippen LogP contribution in [0.15, 0.2) is 18.2 Å². The molecule has 0 amide bonds. The molecule has 1 aromatic rings. The van der Waals surface area contributed by atoms with Gasteiger partial charge >= 0.3 is 0 Å². The van der Waals surface area contributed by atoms with Gasteiger partial charge in [0.15, 0.2) is 0 Å². The minimum absolute atomic E-state index is 0.294. The molecule has 2 heteroatoms. The van der Waals surface area contributed by atoms with Gasteiger partial charge in [0.05, 0.1) is 6.61 Å². The van der Waals surface area contributed by atoms with Crippen molar-refractivity contribution < 1.29 is 4.74 Å². The predicted octanol–water partition coefficient (Wildman–Crippen LogP) is 3.04. The third-order valence-electron chi connectivity index (χ3n) is 4.60. The van der Waals surface area contributed by atoms with Crippen LogP contribution in [0.2, 0.25) is 0 Å². The lowest BCUT2D eigenvalue weighted by molar-refractivity contribution is 0.340. The maximum atomic E-state index is 5.88. The molecule has 1 saturated carbocycles. The van der Waals surface area contributed by atoms with Crippen molar-refractivity contribution in [1.82, 2.24) is 5.32 Å². The quantitative estimate of drug-likeness (QED) is 0.883. The van der Waals surface area contributed by atoms with E-state index in [1.807, 2.05) is 0 Å². The number of nitrogens with one attached hydrogen (secondary N) is 1. The summed E-state index contributed by atoms with van der Waals surface area (Å²) in [7, 11) is 0. The van der Waals surface area contributed by atoms with Gasteiger partial charge in [-0.15, -0.1) is 0 Å². The van der Waals surface area contributed by atoms with Crippen molar-refractivity contribution in [1.29, 1.82) is 0 Å². The molecule has 18 heavy (non-hydrogen) atoms. The SMILES string of the molecule is CCNC1CCC(C)(c2cccc3c2OCC3)C1. The first-order valence-corrected chi connectivity index (χ1v) is 7.21. The van der Waals surface area contributed by atoms with Crippen LogP contribution in [-0.4, -0.2) is 19.2 Å². The molecule has 1 N–H and O–H groups in total. The highest BCUT2D eigenvalue weighted by Crippen LogP contribution is 2.46. The zero-order valence-corrected chi connectivity index (χ0v) is 11.5. The minimum atomic E-state index is 0.294. The zero-order valence-electron chi connectivity index (χ0n) is 11.5. The van der Waals surface area contributed by atoms with E-state index in [2.05, 4.69) is 37.4 Å². The van der Waals surface area contributed by atoms with E-state index in [4.69, 9.17) is 4.74 Å². The molecular formula is C16H23NO. The van der Waals surface area contributed by atoms with Gasteiger partial charge < -0.3 is 10.1 Å². The van der Waals surface area contributed by atoms with Crippen LogP contribution in [0.1, 0.15) is 44.2 Å². The van der Waals surface area contributed by atoms with E-state index in [1.54, 1.807) is 0 Å². The molecule has 3 rings (SSSR count). The standard InChI is InChI=1S/C16H23NO/c1-3-17-13-7-9-16(2,11-13)14-6-4-5-12-8-10-18-15(12)14/h4-6,13,17H,3,7-11H2,1-2H3. The molecule has 98 valence electrons. The molecule has 0 aromatic heterocycles. The number of fused-ring (bicyclic) bond motifs is 1. The molecular weight excluding hydrogens is 222 g/mol. The maximum Gasteiger partial charge on any atom is 0.126 e. The highest BCUT2D eigenvalue weighted by atomic mass is 16.5. The minimum Gasteiger partial charge on any atom is -0.493 e. The van der Waals surface area contributed by atoms with E-state index in [9.17, 15) is 0 Å². The van der Waals surface area contributed by atoms with E-state index in [1.165, 1.54) is 36.1 Å². The summed E-state index contributed by atoms with van der Waals surface area (Å²) in [6.07, 6.45) is 4.87. The fourth-order valence-corrected chi connectivity index (χ4v) is 3.64. The van der Waals surface area contributed by atoms with Gasteiger partial charge in [-0.1, -0.05) is 32.0 Å². The second-order valence-corrected chi connectivity index (χ2v) is 5.95. The summed E-state index contributed by atoms with van der Waals surface area (Å²) in [4.78, 5) is 0. The second kappa shape index (κ2) is 4.58. The molecule has 0 saturated heterocycles. The summed E-state index contributed by atoms with van der Waals surface area (Å²) in [6, 6.07) is 7.37. The van der Waals surface area contributed by atoms with Crippen molar-refractivity contribution in [2.75, 3.05) is 13.2 Å². The first-order chi connectivity index (χ1) is 8.73. The molecule has 0 bridgehead atoms. The maximum absolute atomic E-state index is 5.88. The van der Waals surface area contributed by atoms with Gasteiger partial charge in [-0.25, -0.2) is 0 Å². The van der Waals surface area contributed by atoms with Crippen molar-refractivity contribution >= 4 is 0 Å². The van der Waals surface area contributed by atoms with Gasteiger partial charge in [0.25, 0.3) is 0 Å². The predicted molar refractivity (Wildman–Crippen MR) is 74.3 cm³/mol. The number of rotatable bonds is 3. The lowest BCUT2D eigenvalue weighted by Crippen LogP contribution is -2.28. The number of benzene rings is 1. The summed E-state index contributed by atoms with van der Waals surface area (Å²) >= 11 is 0. The molecule has 1 fully saturated rings. The van der Waals surface area contributed by atoms with E-state index < -0.39 is 0 Å². The van der Waals surface area contributed by atoms with Crippen molar-refractivity contribution in [2.45, 2.75) is 51.0 Å². The first-order valence-electron chi connectivity index (χ1n) is 7.21. The third-order valence-corrected chi connectivity index (χ3v) is 4.60.